The lowest BCUT2D eigenvalue weighted by Gasteiger charge is -2.21. The summed E-state index contributed by atoms with van der Waals surface area (Å²) in [4.78, 5) is 13.0. The minimum absolute atomic E-state index is 0.0259. The summed E-state index contributed by atoms with van der Waals surface area (Å²) in [5.74, 6) is 0.496. The van der Waals surface area contributed by atoms with E-state index < -0.39 is 20.6 Å². The Labute approximate surface area is 147 Å². The highest BCUT2D eigenvalue weighted by Crippen LogP contribution is 2.41. The Morgan fingerprint density at radius 2 is 2.28 bits per heavy atom. The topological polar surface area (TPSA) is 132 Å². The Bertz CT molecular complexity index is 625. The molecular formula is C15H26N4O5P+. The number of anilines is 1. The van der Waals surface area contributed by atoms with Gasteiger partial charge in [0.15, 0.2) is 0 Å². The molecule has 0 radical (unpaired) electrons. The van der Waals surface area contributed by atoms with Crippen molar-refractivity contribution in [1.29, 1.82) is 0 Å². The van der Waals surface area contributed by atoms with Crippen molar-refractivity contribution < 1.29 is 23.8 Å². The Morgan fingerprint density at radius 3 is 2.88 bits per heavy atom. The van der Waals surface area contributed by atoms with E-state index in [1.54, 1.807) is 11.5 Å². The van der Waals surface area contributed by atoms with E-state index in [9.17, 15) is 9.67 Å². The summed E-state index contributed by atoms with van der Waals surface area (Å²) in [5, 5.41) is 13.3. The van der Waals surface area contributed by atoms with Crippen LogP contribution in [0.15, 0.2) is 19.1 Å². The number of nitrogens with two attached hydrogens (primary N) is 1. The highest BCUT2D eigenvalue weighted by Gasteiger charge is 2.42. The molecule has 1 aliphatic rings. The second-order valence-electron chi connectivity index (χ2n) is 6.34. The zero-order chi connectivity index (χ0) is 18.7. The van der Waals surface area contributed by atoms with Gasteiger partial charge in [0.25, 0.3) is 0 Å². The van der Waals surface area contributed by atoms with Gasteiger partial charge in [-0.15, -0.1) is 9.42 Å². The van der Waals surface area contributed by atoms with Crippen molar-refractivity contribution in [3.05, 3.63) is 24.8 Å². The number of aromatic nitrogens is 2. The minimum Gasteiger partial charge on any atom is -0.386 e. The summed E-state index contributed by atoms with van der Waals surface area (Å²) in [5.41, 5.74) is 6.55. The maximum Gasteiger partial charge on any atom is 0.694 e. The summed E-state index contributed by atoms with van der Waals surface area (Å²) in [7, 11) is -2.66. The molecule has 7 atom stereocenters. The van der Waals surface area contributed by atoms with Crippen molar-refractivity contribution in [2.45, 2.75) is 45.2 Å². The van der Waals surface area contributed by atoms with Crippen LogP contribution >= 0.6 is 8.25 Å². The number of ether oxygens (including phenoxy) is 1. The minimum atomic E-state index is -2.66. The molecule has 25 heavy (non-hydrogen) atoms. The SMILES string of the molecule is C=CNC(C)C(O)c1ncn([C@@H]2O[C@H](CO[P+](=O)O)[C@@H](C)[C@H]2C)c1N. The summed E-state index contributed by atoms with van der Waals surface area (Å²) >= 11 is 0. The monoisotopic (exact) mass is 373 g/mol. The Hall–Kier alpha value is -1.51. The molecule has 5 N–H and O–H groups in total. The molecule has 10 heteroatoms. The molecule has 1 aliphatic heterocycles. The fraction of sp³-hybridized carbons (Fsp3) is 0.667. The highest BCUT2D eigenvalue weighted by atomic mass is 31.1. The molecule has 1 saturated heterocycles. The van der Waals surface area contributed by atoms with Crippen LogP contribution in [0.1, 0.15) is 38.8 Å². The quantitative estimate of drug-likeness (QED) is 0.504. The molecule has 0 amide bonds. The number of nitrogen functional groups attached to an aromatic ring is 1. The number of aliphatic hydroxyl groups excluding tert-OH is 1. The van der Waals surface area contributed by atoms with Crippen LogP contribution in [0, 0.1) is 11.8 Å². The molecule has 1 aromatic heterocycles. The normalized spacial score (nSPS) is 29.2. The van der Waals surface area contributed by atoms with Gasteiger partial charge in [-0.3, -0.25) is 4.57 Å². The molecular weight excluding hydrogens is 347 g/mol. The predicted octanol–water partition coefficient (Wildman–Crippen LogP) is 1.46. The third-order valence-corrected chi connectivity index (χ3v) is 5.17. The zero-order valence-electron chi connectivity index (χ0n) is 14.6. The molecule has 0 aromatic carbocycles. The molecule has 1 aromatic rings. The molecule has 0 aliphatic carbocycles. The van der Waals surface area contributed by atoms with Crippen LogP contribution in [0.5, 0.6) is 0 Å². The Morgan fingerprint density at radius 1 is 1.60 bits per heavy atom. The molecule has 2 rings (SSSR count). The van der Waals surface area contributed by atoms with E-state index in [1.807, 2.05) is 13.8 Å². The van der Waals surface area contributed by atoms with Crippen molar-refractivity contribution in [3.63, 3.8) is 0 Å². The molecule has 0 bridgehead atoms. The van der Waals surface area contributed by atoms with Gasteiger partial charge in [-0.05, 0) is 19.0 Å². The predicted molar refractivity (Wildman–Crippen MR) is 92.4 cm³/mol. The van der Waals surface area contributed by atoms with Gasteiger partial charge in [0.05, 0.1) is 18.5 Å². The van der Waals surface area contributed by atoms with E-state index in [2.05, 4.69) is 16.9 Å². The first-order valence-electron chi connectivity index (χ1n) is 8.09. The number of hydrogen-bond donors (Lipinski definition) is 4. The van der Waals surface area contributed by atoms with Gasteiger partial charge in [-0.25, -0.2) is 4.98 Å². The van der Waals surface area contributed by atoms with Gasteiger partial charge in [-0.2, -0.15) is 0 Å². The van der Waals surface area contributed by atoms with E-state index >= 15 is 0 Å². The second-order valence-corrected chi connectivity index (χ2v) is 7.08. The van der Waals surface area contributed by atoms with Crippen LogP contribution in [0.25, 0.3) is 0 Å². The van der Waals surface area contributed by atoms with Crippen LogP contribution in [0.3, 0.4) is 0 Å². The van der Waals surface area contributed by atoms with Crippen molar-refractivity contribution in [1.82, 2.24) is 14.9 Å². The highest BCUT2D eigenvalue weighted by molar-refractivity contribution is 7.32. The number of imidazole rings is 1. The first kappa shape index (κ1) is 19.8. The fourth-order valence-electron chi connectivity index (χ4n) is 3.00. The van der Waals surface area contributed by atoms with Crippen LogP contribution < -0.4 is 11.1 Å². The molecule has 140 valence electrons. The van der Waals surface area contributed by atoms with E-state index in [0.29, 0.717) is 11.5 Å². The number of aliphatic hydroxyl groups is 1. The lowest BCUT2D eigenvalue weighted by atomic mass is 9.93. The molecule has 2 heterocycles. The van der Waals surface area contributed by atoms with Crippen molar-refractivity contribution in [3.8, 4) is 0 Å². The fourth-order valence-corrected chi connectivity index (χ4v) is 3.28. The third kappa shape index (κ3) is 4.19. The molecule has 9 nitrogen and oxygen atoms in total. The van der Waals surface area contributed by atoms with Gasteiger partial charge in [-0.1, -0.05) is 20.4 Å². The largest absolute Gasteiger partial charge is 0.694 e. The van der Waals surface area contributed by atoms with E-state index in [1.165, 1.54) is 12.5 Å². The average molecular weight is 373 g/mol. The molecule has 0 saturated carbocycles. The van der Waals surface area contributed by atoms with Crippen molar-refractivity contribution in [2.24, 2.45) is 11.8 Å². The number of nitrogens with zero attached hydrogens (tertiary/aromatic N) is 2. The lowest BCUT2D eigenvalue weighted by molar-refractivity contribution is -0.0302. The molecule has 3 unspecified atom stereocenters. The standard InChI is InChI=1S/C15H25N4O5P/c1-5-17-10(4)13(20)12-14(16)19(7-18-12)15-9(3)8(2)11(24-15)6-23-25(21)22/h5,7-11,13,15,17,20H,1,6,16H2,2-4H3/p+1/t8-,9+,10?,11+,13?,15+/m0/s1. The van der Waals surface area contributed by atoms with E-state index in [4.69, 9.17) is 19.9 Å². The van der Waals surface area contributed by atoms with Crippen LogP contribution in [-0.2, 0) is 13.8 Å². The third-order valence-electron chi connectivity index (χ3n) is 4.80. The van der Waals surface area contributed by atoms with Gasteiger partial charge in [0.2, 0.25) is 0 Å². The summed E-state index contributed by atoms with van der Waals surface area (Å²) < 4.78 is 23.2. The van der Waals surface area contributed by atoms with Crippen molar-refractivity contribution in [2.75, 3.05) is 12.3 Å². The maximum absolute atomic E-state index is 10.7. The Kier molecular flexibility index (Phi) is 6.53. The smallest absolute Gasteiger partial charge is 0.386 e. The summed E-state index contributed by atoms with van der Waals surface area (Å²) in [6.45, 7) is 9.39. The van der Waals surface area contributed by atoms with Crippen LogP contribution in [0.2, 0.25) is 0 Å². The average Bonchev–Trinajstić information content (AvgIpc) is 3.06. The number of rotatable bonds is 8. The van der Waals surface area contributed by atoms with E-state index in [-0.39, 0.29) is 30.6 Å². The summed E-state index contributed by atoms with van der Waals surface area (Å²) in [6, 6.07) is -0.300. The Balaban J connectivity index is 2.16. The maximum atomic E-state index is 10.7. The first-order valence-corrected chi connectivity index (χ1v) is 9.22. The van der Waals surface area contributed by atoms with Gasteiger partial charge >= 0.3 is 8.25 Å². The summed E-state index contributed by atoms with van der Waals surface area (Å²) in [6.07, 6.45) is 1.42. The lowest BCUT2D eigenvalue weighted by Crippen LogP contribution is -2.28. The van der Waals surface area contributed by atoms with Gasteiger partial charge in [0, 0.05) is 10.5 Å². The first-order chi connectivity index (χ1) is 11.8. The van der Waals surface area contributed by atoms with E-state index in [0.717, 1.165) is 0 Å². The van der Waals surface area contributed by atoms with Crippen LogP contribution in [0.4, 0.5) is 5.82 Å². The second kappa shape index (κ2) is 8.25. The van der Waals surface area contributed by atoms with Gasteiger partial charge < -0.3 is 20.9 Å². The number of hydrogen-bond acceptors (Lipinski definition) is 7. The molecule has 0 spiro atoms. The van der Waals surface area contributed by atoms with Crippen LogP contribution in [-0.4, -0.2) is 38.3 Å². The number of nitrogens with one attached hydrogen (secondary N) is 1. The molecule has 1 fully saturated rings. The van der Waals surface area contributed by atoms with Crippen molar-refractivity contribution >= 4 is 14.1 Å². The van der Waals surface area contributed by atoms with Gasteiger partial charge in [0.1, 0.15) is 30.5 Å². The zero-order valence-corrected chi connectivity index (χ0v) is 15.5.